The Morgan fingerprint density at radius 3 is 2.38 bits per heavy atom. The van der Waals surface area contributed by atoms with Gasteiger partial charge >= 0.3 is 0 Å². The van der Waals surface area contributed by atoms with Crippen LogP contribution in [0.4, 0.5) is 11.4 Å². The molecule has 0 atom stereocenters. The number of hydrogen-bond donors (Lipinski definition) is 3. The van der Waals surface area contributed by atoms with Gasteiger partial charge in [0, 0.05) is 16.9 Å². The first-order valence-corrected chi connectivity index (χ1v) is 5.03. The Hall–Kier alpha value is -2.16. The predicted octanol–water partition coefficient (Wildman–Crippen LogP) is 2.53. The number of aryl methyl sites for hydroxylation is 1. The van der Waals surface area contributed by atoms with Gasteiger partial charge in [0.15, 0.2) is 0 Å². The molecule has 0 amide bonds. The second-order valence-electron chi connectivity index (χ2n) is 3.85. The summed E-state index contributed by atoms with van der Waals surface area (Å²) in [6, 6.07) is 10.9. The van der Waals surface area contributed by atoms with Crippen molar-refractivity contribution in [3.8, 4) is 16.9 Å². The normalized spacial score (nSPS) is 10.3. The lowest BCUT2D eigenvalue weighted by Crippen LogP contribution is -1.93. The van der Waals surface area contributed by atoms with Gasteiger partial charge in [-0.2, -0.15) is 0 Å². The van der Waals surface area contributed by atoms with E-state index >= 15 is 0 Å². The quantitative estimate of drug-likeness (QED) is 0.639. The highest BCUT2D eigenvalue weighted by Gasteiger charge is 2.05. The molecule has 2 aromatic rings. The van der Waals surface area contributed by atoms with E-state index in [1.165, 1.54) is 0 Å². The summed E-state index contributed by atoms with van der Waals surface area (Å²) in [6.45, 7) is 1.85. The lowest BCUT2D eigenvalue weighted by molar-refractivity contribution is 0.471. The van der Waals surface area contributed by atoms with Crippen LogP contribution in [0.2, 0.25) is 0 Å². The van der Waals surface area contributed by atoms with Crippen LogP contribution >= 0.6 is 0 Å². The second kappa shape index (κ2) is 3.77. The third-order valence-electron chi connectivity index (χ3n) is 2.60. The summed E-state index contributed by atoms with van der Waals surface area (Å²) in [5.74, 6) is 0.272. The van der Waals surface area contributed by atoms with Gasteiger partial charge in [-0.1, -0.05) is 18.2 Å². The smallest absolute Gasteiger partial charge is 0.119 e. The van der Waals surface area contributed by atoms with Gasteiger partial charge in [0.1, 0.15) is 5.75 Å². The summed E-state index contributed by atoms with van der Waals surface area (Å²) < 4.78 is 0. The first-order chi connectivity index (χ1) is 7.58. The summed E-state index contributed by atoms with van der Waals surface area (Å²) in [5.41, 5.74) is 15.4. The van der Waals surface area contributed by atoms with Crippen LogP contribution in [-0.4, -0.2) is 5.11 Å². The molecule has 16 heavy (non-hydrogen) atoms. The Balaban J connectivity index is 2.54. The Morgan fingerprint density at radius 1 is 1.00 bits per heavy atom. The average Bonchev–Trinajstić information content (AvgIpc) is 2.22. The summed E-state index contributed by atoms with van der Waals surface area (Å²) in [7, 11) is 0. The fourth-order valence-electron chi connectivity index (χ4n) is 1.62. The fraction of sp³-hybridized carbons (Fsp3) is 0.0769. The first kappa shape index (κ1) is 10.4. The number of hydrogen-bond acceptors (Lipinski definition) is 3. The van der Waals surface area contributed by atoms with E-state index in [1.807, 2.05) is 25.1 Å². The SMILES string of the molecule is Cc1ccc(-c2ccc(N)cc2N)cc1O. The molecule has 0 saturated carbocycles. The van der Waals surface area contributed by atoms with Gasteiger partial charge in [0.25, 0.3) is 0 Å². The van der Waals surface area contributed by atoms with Gasteiger partial charge < -0.3 is 16.6 Å². The highest BCUT2D eigenvalue weighted by atomic mass is 16.3. The molecule has 0 fully saturated rings. The van der Waals surface area contributed by atoms with E-state index in [4.69, 9.17) is 11.5 Å². The maximum atomic E-state index is 9.64. The van der Waals surface area contributed by atoms with E-state index in [-0.39, 0.29) is 5.75 Å². The molecule has 0 radical (unpaired) electrons. The van der Waals surface area contributed by atoms with Crippen LogP contribution in [0.5, 0.6) is 5.75 Å². The lowest BCUT2D eigenvalue weighted by atomic mass is 10.0. The van der Waals surface area contributed by atoms with E-state index in [0.717, 1.165) is 16.7 Å². The minimum Gasteiger partial charge on any atom is -0.508 e. The van der Waals surface area contributed by atoms with Gasteiger partial charge in [-0.05, 0) is 36.2 Å². The van der Waals surface area contributed by atoms with Gasteiger partial charge in [-0.3, -0.25) is 0 Å². The van der Waals surface area contributed by atoms with Gasteiger partial charge in [-0.15, -0.1) is 0 Å². The monoisotopic (exact) mass is 214 g/mol. The molecule has 0 bridgehead atoms. The Kier molecular flexibility index (Phi) is 2.44. The van der Waals surface area contributed by atoms with Crippen molar-refractivity contribution in [3.05, 3.63) is 42.0 Å². The van der Waals surface area contributed by atoms with Crippen molar-refractivity contribution < 1.29 is 5.11 Å². The summed E-state index contributed by atoms with van der Waals surface area (Å²) in [6.07, 6.45) is 0. The molecule has 0 aliphatic carbocycles. The largest absolute Gasteiger partial charge is 0.508 e. The van der Waals surface area contributed by atoms with E-state index in [1.54, 1.807) is 18.2 Å². The number of aromatic hydroxyl groups is 1. The highest BCUT2D eigenvalue weighted by molar-refractivity contribution is 5.79. The Labute approximate surface area is 94.3 Å². The minimum absolute atomic E-state index is 0.272. The van der Waals surface area contributed by atoms with Crippen LogP contribution in [0.15, 0.2) is 36.4 Å². The number of anilines is 2. The molecule has 0 spiro atoms. The van der Waals surface area contributed by atoms with Crippen molar-refractivity contribution in [2.45, 2.75) is 6.92 Å². The number of nitrogen functional groups attached to an aromatic ring is 2. The molecule has 2 aromatic carbocycles. The summed E-state index contributed by atoms with van der Waals surface area (Å²) in [5, 5.41) is 9.64. The van der Waals surface area contributed by atoms with E-state index in [2.05, 4.69) is 0 Å². The molecule has 3 nitrogen and oxygen atoms in total. The molecular formula is C13H14N2O. The van der Waals surface area contributed by atoms with Crippen LogP contribution in [0, 0.1) is 6.92 Å². The molecule has 0 saturated heterocycles. The molecule has 0 aromatic heterocycles. The van der Waals surface area contributed by atoms with Gasteiger partial charge in [-0.25, -0.2) is 0 Å². The zero-order chi connectivity index (χ0) is 11.7. The van der Waals surface area contributed by atoms with E-state index in [0.29, 0.717) is 11.4 Å². The third kappa shape index (κ3) is 1.80. The summed E-state index contributed by atoms with van der Waals surface area (Å²) >= 11 is 0. The molecule has 5 N–H and O–H groups in total. The Bertz CT molecular complexity index is 535. The molecule has 2 rings (SSSR count). The number of phenolic OH excluding ortho intramolecular Hbond substituents is 1. The zero-order valence-corrected chi connectivity index (χ0v) is 9.07. The van der Waals surface area contributed by atoms with Gasteiger partial charge in [0.05, 0.1) is 0 Å². The first-order valence-electron chi connectivity index (χ1n) is 5.03. The molecule has 0 unspecified atom stereocenters. The van der Waals surface area contributed by atoms with Crippen molar-refractivity contribution >= 4 is 11.4 Å². The van der Waals surface area contributed by atoms with Crippen molar-refractivity contribution in [2.75, 3.05) is 11.5 Å². The molecule has 0 heterocycles. The lowest BCUT2D eigenvalue weighted by Gasteiger charge is -2.08. The van der Waals surface area contributed by atoms with Crippen LogP contribution in [0.3, 0.4) is 0 Å². The van der Waals surface area contributed by atoms with Crippen molar-refractivity contribution in [1.29, 1.82) is 0 Å². The maximum Gasteiger partial charge on any atom is 0.119 e. The van der Waals surface area contributed by atoms with Crippen molar-refractivity contribution in [2.24, 2.45) is 0 Å². The second-order valence-corrected chi connectivity index (χ2v) is 3.85. The highest BCUT2D eigenvalue weighted by Crippen LogP contribution is 2.30. The van der Waals surface area contributed by atoms with Crippen LogP contribution in [0.1, 0.15) is 5.56 Å². The molecule has 82 valence electrons. The van der Waals surface area contributed by atoms with Gasteiger partial charge in [0.2, 0.25) is 0 Å². The van der Waals surface area contributed by atoms with Crippen LogP contribution in [-0.2, 0) is 0 Å². The summed E-state index contributed by atoms with van der Waals surface area (Å²) in [4.78, 5) is 0. The van der Waals surface area contributed by atoms with E-state index in [9.17, 15) is 5.11 Å². The van der Waals surface area contributed by atoms with Crippen LogP contribution < -0.4 is 11.5 Å². The molecule has 3 heteroatoms. The standard InChI is InChI=1S/C13H14N2O/c1-8-2-3-9(6-13(8)16)11-5-4-10(14)7-12(11)15/h2-7,16H,14-15H2,1H3. The average molecular weight is 214 g/mol. The Morgan fingerprint density at radius 2 is 1.75 bits per heavy atom. The third-order valence-corrected chi connectivity index (χ3v) is 2.60. The zero-order valence-electron chi connectivity index (χ0n) is 9.07. The van der Waals surface area contributed by atoms with Crippen molar-refractivity contribution in [1.82, 2.24) is 0 Å². The maximum absolute atomic E-state index is 9.64. The minimum atomic E-state index is 0.272. The number of phenols is 1. The number of nitrogens with two attached hydrogens (primary N) is 2. The van der Waals surface area contributed by atoms with Crippen LogP contribution in [0.25, 0.3) is 11.1 Å². The topological polar surface area (TPSA) is 72.3 Å². The predicted molar refractivity (Wildman–Crippen MR) is 67.1 cm³/mol. The number of rotatable bonds is 1. The number of benzene rings is 2. The van der Waals surface area contributed by atoms with Crippen molar-refractivity contribution in [3.63, 3.8) is 0 Å². The van der Waals surface area contributed by atoms with E-state index < -0.39 is 0 Å². The molecule has 0 aliphatic rings. The molecule has 0 aliphatic heterocycles. The molecular weight excluding hydrogens is 200 g/mol. The fourth-order valence-corrected chi connectivity index (χ4v) is 1.62.